The maximum atomic E-state index is 5.47. The molecule has 5 heteroatoms. The number of hydrogen-bond donors (Lipinski definition) is 1. The highest BCUT2D eigenvalue weighted by Gasteiger charge is 2.10. The lowest BCUT2D eigenvalue weighted by Gasteiger charge is -2.09. The van der Waals surface area contributed by atoms with E-state index in [2.05, 4.69) is 22.2 Å². The Labute approximate surface area is 105 Å². The molecule has 2 aromatic heterocycles. The molecule has 1 N–H and O–H groups in total. The van der Waals surface area contributed by atoms with Gasteiger partial charge < -0.3 is 9.73 Å². The standard InChI is InChI=1S/C12H17N3OS/c1-8-6-14-12(16-8)10(3)13-5-4-11-9(2)15-7-17-11/h6-7,10,13H,4-5H2,1-3H3. The van der Waals surface area contributed by atoms with E-state index in [4.69, 9.17) is 4.42 Å². The third-order valence-corrected chi connectivity index (χ3v) is 3.65. The molecule has 0 radical (unpaired) electrons. The van der Waals surface area contributed by atoms with Crippen molar-refractivity contribution >= 4 is 11.3 Å². The molecule has 0 saturated heterocycles. The molecule has 0 saturated carbocycles. The number of hydrogen-bond acceptors (Lipinski definition) is 5. The molecule has 0 amide bonds. The van der Waals surface area contributed by atoms with Gasteiger partial charge in [0.15, 0.2) is 0 Å². The summed E-state index contributed by atoms with van der Waals surface area (Å²) in [6.07, 6.45) is 2.75. The summed E-state index contributed by atoms with van der Waals surface area (Å²) in [5, 5.41) is 3.40. The van der Waals surface area contributed by atoms with E-state index in [9.17, 15) is 0 Å². The lowest BCUT2D eigenvalue weighted by molar-refractivity contribution is 0.404. The fraction of sp³-hybridized carbons (Fsp3) is 0.500. The summed E-state index contributed by atoms with van der Waals surface area (Å²) in [6, 6.07) is 0.150. The molecule has 1 atom stereocenters. The minimum atomic E-state index is 0.150. The molecule has 4 nitrogen and oxygen atoms in total. The van der Waals surface area contributed by atoms with Gasteiger partial charge in [0.2, 0.25) is 5.89 Å². The van der Waals surface area contributed by atoms with Crippen molar-refractivity contribution in [1.82, 2.24) is 15.3 Å². The number of aryl methyl sites for hydroxylation is 2. The molecule has 92 valence electrons. The van der Waals surface area contributed by atoms with Gasteiger partial charge in [0.05, 0.1) is 23.4 Å². The van der Waals surface area contributed by atoms with Gasteiger partial charge in [0.1, 0.15) is 5.76 Å². The number of rotatable bonds is 5. The third kappa shape index (κ3) is 3.14. The Kier molecular flexibility index (Phi) is 3.91. The quantitative estimate of drug-likeness (QED) is 0.887. The first kappa shape index (κ1) is 12.3. The monoisotopic (exact) mass is 251 g/mol. The van der Waals surface area contributed by atoms with E-state index >= 15 is 0 Å². The van der Waals surface area contributed by atoms with E-state index in [1.54, 1.807) is 17.5 Å². The molecular weight excluding hydrogens is 234 g/mol. The van der Waals surface area contributed by atoms with E-state index in [1.165, 1.54) is 4.88 Å². The van der Waals surface area contributed by atoms with Crippen molar-refractivity contribution in [3.05, 3.63) is 33.9 Å². The van der Waals surface area contributed by atoms with Crippen LogP contribution < -0.4 is 5.32 Å². The summed E-state index contributed by atoms with van der Waals surface area (Å²) >= 11 is 1.71. The first-order chi connectivity index (χ1) is 8.16. The van der Waals surface area contributed by atoms with Crippen LogP contribution in [0.1, 0.15) is 35.2 Å². The topological polar surface area (TPSA) is 51.0 Å². The van der Waals surface area contributed by atoms with Gasteiger partial charge >= 0.3 is 0 Å². The highest BCUT2D eigenvalue weighted by atomic mass is 32.1. The smallest absolute Gasteiger partial charge is 0.211 e. The number of oxazole rings is 1. The highest BCUT2D eigenvalue weighted by molar-refractivity contribution is 7.09. The van der Waals surface area contributed by atoms with Gasteiger partial charge in [-0.15, -0.1) is 11.3 Å². The molecule has 2 heterocycles. The van der Waals surface area contributed by atoms with Crippen molar-refractivity contribution in [2.75, 3.05) is 6.54 Å². The normalized spacial score (nSPS) is 12.9. The van der Waals surface area contributed by atoms with Gasteiger partial charge in [-0.25, -0.2) is 9.97 Å². The largest absolute Gasteiger partial charge is 0.444 e. The third-order valence-electron chi connectivity index (χ3n) is 2.66. The summed E-state index contributed by atoms with van der Waals surface area (Å²) in [6.45, 7) is 6.92. The van der Waals surface area contributed by atoms with Gasteiger partial charge in [-0.05, 0) is 27.2 Å². The fourth-order valence-corrected chi connectivity index (χ4v) is 2.41. The Balaban J connectivity index is 1.81. The summed E-state index contributed by atoms with van der Waals surface area (Å²) < 4.78 is 5.47. The molecule has 0 aromatic carbocycles. The molecule has 0 bridgehead atoms. The summed E-state index contributed by atoms with van der Waals surface area (Å²) in [7, 11) is 0. The lowest BCUT2D eigenvalue weighted by atomic mass is 10.2. The Morgan fingerprint density at radius 2 is 2.24 bits per heavy atom. The number of thiazole rings is 1. The molecule has 0 aliphatic heterocycles. The summed E-state index contributed by atoms with van der Waals surface area (Å²) in [5.41, 5.74) is 3.03. The molecule has 17 heavy (non-hydrogen) atoms. The second kappa shape index (κ2) is 5.42. The maximum Gasteiger partial charge on any atom is 0.211 e. The van der Waals surface area contributed by atoms with Crippen LogP contribution in [0.15, 0.2) is 16.1 Å². The van der Waals surface area contributed by atoms with Gasteiger partial charge in [0.25, 0.3) is 0 Å². The zero-order chi connectivity index (χ0) is 12.3. The molecule has 1 unspecified atom stereocenters. The first-order valence-corrected chi connectivity index (χ1v) is 6.59. The zero-order valence-corrected chi connectivity index (χ0v) is 11.2. The maximum absolute atomic E-state index is 5.47. The van der Waals surface area contributed by atoms with Crippen molar-refractivity contribution in [3.63, 3.8) is 0 Å². The summed E-state index contributed by atoms with van der Waals surface area (Å²) in [4.78, 5) is 9.79. The minimum Gasteiger partial charge on any atom is -0.444 e. The van der Waals surface area contributed by atoms with Crippen molar-refractivity contribution in [2.24, 2.45) is 0 Å². The predicted octanol–water partition coefficient (Wildman–Crippen LogP) is 2.64. The van der Waals surface area contributed by atoms with Crippen molar-refractivity contribution in [2.45, 2.75) is 33.2 Å². The van der Waals surface area contributed by atoms with Gasteiger partial charge in [-0.3, -0.25) is 0 Å². The van der Waals surface area contributed by atoms with Crippen molar-refractivity contribution < 1.29 is 4.42 Å². The number of nitrogens with zero attached hydrogens (tertiary/aromatic N) is 2. The predicted molar refractivity (Wildman–Crippen MR) is 68.2 cm³/mol. The van der Waals surface area contributed by atoms with Crippen LogP contribution in [-0.2, 0) is 6.42 Å². The van der Waals surface area contributed by atoms with Crippen LogP contribution in [0.5, 0.6) is 0 Å². The highest BCUT2D eigenvalue weighted by Crippen LogP contribution is 2.14. The average Bonchev–Trinajstić information content (AvgIpc) is 2.88. The van der Waals surface area contributed by atoms with Crippen LogP contribution in [0, 0.1) is 13.8 Å². The van der Waals surface area contributed by atoms with Crippen LogP contribution in [0.25, 0.3) is 0 Å². The molecule has 0 aliphatic rings. The van der Waals surface area contributed by atoms with Crippen molar-refractivity contribution in [3.8, 4) is 0 Å². The second-order valence-electron chi connectivity index (χ2n) is 4.10. The molecule has 0 spiro atoms. The first-order valence-electron chi connectivity index (χ1n) is 5.71. The van der Waals surface area contributed by atoms with Crippen LogP contribution >= 0.6 is 11.3 Å². The molecule has 2 rings (SSSR count). The number of nitrogens with one attached hydrogen (secondary N) is 1. The molecule has 2 aromatic rings. The Hall–Kier alpha value is -1.20. The van der Waals surface area contributed by atoms with Crippen molar-refractivity contribution in [1.29, 1.82) is 0 Å². The fourth-order valence-electron chi connectivity index (χ4n) is 1.63. The van der Waals surface area contributed by atoms with Crippen LogP contribution in [0.3, 0.4) is 0 Å². The Bertz CT molecular complexity index is 478. The van der Waals surface area contributed by atoms with Gasteiger partial charge in [0, 0.05) is 11.4 Å². The van der Waals surface area contributed by atoms with E-state index in [0.717, 1.165) is 30.3 Å². The van der Waals surface area contributed by atoms with E-state index in [1.807, 2.05) is 19.4 Å². The van der Waals surface area contributed by atoms with Crippen LogP contribution in [0.4, 0.5) is 0 Å². The van der Waals surface area contributed by atoms with Gasteiger partial charge in [-0.1, -0.05) is 0 Å². The molecular formula is C12H17N3OS. The second-order valence-corrected chi connectivity index (χ2v) is 5.04. The minimum absolute atomic E-state index is 0.150. The van der Waals surface area contributed by atoms with Gasteiger partial charge in [-0.2, -0.15) is 0 Å². The van der Waals surface area contributed by atoms with Crippen LogP contribution in [-0.4, -0.2) is 16.5 Å². The zero-order valence-electron chi connectivity index (χ0n) is 10.4. The lowest BCUT2D eigenvalue weighted by Crippen LogP contribution is -2.21. The summed E-state index contributed by atoms with van der Waals surface area (Å²) in [5.74, 6) is 1.61. The number of aromatic nitrogens is 2. The SMILES string of the molecule is Cc1cnc(C(C)NCCc2scnc2C)o1. The van der Waals surface area contributed by atoms with E-state index < -0.39 is 0 Å². The Morgan fingerprint density at radius 3 is 2.82 bits per heavy atom. The van der Waals surface area contributed by atoms with E-state index in [-0.39, 0.29) is 6.04 Å². The molecule has 0 fully saturated rings. The Morgan fingerprint density at radius 1 is 1.41 bits per heavy atom. The van der Waals surface area contributed by atoms with E-state index in [0.29, 0.717) is 0 Å². The molecule has 0 aliphatic carbocycles. The van der Waals surface area contributed by atoms with Crippen LogP contribution in [0.2, 0.25) is 0 Å². The average molecular weight is 251 g/mol.